The smallest absolute Gasteiger partial charge is 0.127 e. The first-order valence-electron chi connectivity index (χ1n) is 7.64. The molecule has 0 atom stereocenters. The van der Waals surface area contributed by atoms with E-state index in [2.05, 4.69) is 64.2 Å². The van der Waals surface area contributed by atoms with E-state index in [1.807, 2.05) is 4.52 Å². The molecule has 116 valence electrons. The molecule has 0 bridgehead atoms. The summed E-state index contributed by atoms with van der Waals surface area (Å²) in [7, 11) is 0. The highest BCUT2D eigenvalue weighted by Gasteiger charge is 2.24. The van der Waals surface area contributed by atoms with Crippen molar-refractivity contribution in [3.05, 3.63) is 53.7 Å². The summed E-state index contributed by atoms with van der Waals surface area (Å²) < 4.78 is 6.97. The van der Waals surface area contributed by atoms with Crippen molar-refractivity contribution in [3.63, 3.8) is 0 Å². The van der Waals surface area contributed by atoms with Gasteiger partial charge in [0.2, 0.25) is 0 Å². The van der Waals surface area contributed by atoms with Crippen molar-refractivity contribution in [3.8, 4) is 0 Å². The number of fused-ring (bicyclic) bond motifs is 1. The Hall–Kier alpha value is -2.10. The molecule has 4 heteroatoms. The molecule has 0 amide bonds. The predicted molar refractivity (Wildman–Crippen MR) is 87.1 cm³/mol. The molecule has 3 heterocycles. The van der Waals surface area contributed by atoms with Gasteiger partial charge in [0.15, 0.2) is 0 Å². The van der Waals surface area contributed by atoms with Crippen LogP contribution in [0, 0.1) is 0 Å². The van der Waals surface area contributed by atoms with Crippen LogP contribution in [-0.2, 0) is 17.3 Å². The summed E-state index contributed by atoms with van der Waals surface area (Å²) in [5, 5.41) is 8.54. The monoisotopic (exact) mass is 297 g/mol. The molecule has 0 fully saturated rings. The first kappa shape index (κ1) is 14.8. The van der Waals surface area contributed by atoms with E-state index < -0.39 is 0 Å². The minimum Gasteiger partial charge on any atom is -0.364 e. The third-order valence-electron chi connectivity index (χ3n) is 4.15. The van der Waals surface area contributed by atoms with E-state index in [0.717, 1.165) is 23.2 Å². The van der Waals surface area contributed by atoms with Crippen molar-refractivity contribution >= 4 is 5.52 Å². The minimum absolute atomic E-state index is 0.0202. The Morgan fingerprint density at radius 1 is 1.14 bits per heavy atom. The largest absolute Gasteiger partial charge is 0.364 e. The standard InChI is InChI=1S/C18H23N3O/c1-17(2,3)16-8-15-7-6-13(11-21(15)20-16)9-18(4,5)14-10-19-22-12-14/h6-8,10-12H,9H2,1-5H3. The maximum atomic E-state index is 4.98. The highest BCUT2D eigenvalue weighted by Crippen LogP contribution is 2.28. The molecule has 0 aliphatic carbocycles. The van der Waals surface area contributed by atoms with E-state index in [0.29, 0.717) is 0 Å². The van der Waals surface area contributed by atoms with Crippen LogP contribution < -0.4 is 0 Å². The number of aromatic nitrogens is 3. The molecule has 3 rings (SSSR count). The van der Waals surface area contributed by atoms with Crippen molar-refractivity contribution in [2.45, 2.75) is 51.9 Å². The van der Waals surface area contributed by atoms with Crippen molar-refractivity contribution in [2.24, 2.45) is 0 Å². The zero-order chi connectivity index (χ0) is 16.0. The van der Waals surface area contributed by atoms with Gasteiger partial charge in [0.1, 0.15) is 6.26 Å². The Morgan fingerprint density at radius 2 is 1.91 bits per heavy atom. The maximum Gasteiger partial charge on any atom is 0.127 e. The fourth-order valence-corrected chi connectivity index (χ4v) is 2.65. The van der Waals surface area contributed by atoms with E-state index in [1.54, 1.807) is 12.5 Å². The van der Waals surface area contributed by atoms with Crippen LogP contribution in [0.4, 0.5) is 0 Å². The van der Waals surface area contributed by atoms with Crippen LogP contribution in [0.5, 0.6) is 0 Å². The summed E-state index contributed by atoms with van der Waals surface area (Å²) >= 11 is 0. The van der Waals surface area contributed by atoms with Crippen LogP contribution in [-0.4, -0.2) is 14.8 Å². The summed E-state index contributed by atoms with van der Waals surface area (Å²) in [5.41, 5.74) is 4.66. The molecule has 4 nitrogen and oxygen atoms in total. The van der Waals surface area contributed by atoms with Gasteiger partial charge in [-0.1, -0.05) is 45.8 Å². The highest BCUT2D eigenvalue weighted by atomic mass is 16.5. The van der Waals surface area contributed by atoms with E-state index in [1.165, 1.54) is 5.56 Å². The predicted octanol–water partition coefficient (Wildman–Crippen LogP) is 4.14. The van der Waals surface area contributed by atoms with Gasteiger partial charge in [0.05, 0.1) is 17.4 Å². The van der Waals surface area contributed by atoms with Gasteiger partial charge in [-0.3, -0.25) is 0 Å². The van der Waals surface area contributed by atoms with E-state index >= 15 is 0 Å². The summed E-state index contributed by atoms with van der Waals surface area (Å²) in [6, 6.07) is 6.48. The molecule has 0 aliphatic heterocycles. The molecule has 0 N–H and O–H groups in total. The Bertz CT molecular complexity index is 776. The molecular formula is C18H23N3O. The zero-order valence-corrected chi connectivity index (χ0v) is 13.9. The van der Waals surface area contributed by atoms with Crippen LogP contribution in [0.2, 0.25) is 0 Å². The maximum absolute atomic E-state index is 4.98. The van der Waals surface area contributed by atoms with Gasteiger partial charge in [-0.05, 0) is 29.5 Å². The summed E-state index contributed by atoms with van der Waals surface area (Å²) in [6.45, 7) is 11.0. The van der Waals surface area contributed by atoms with E-state index in [9.17, 15) is 0 Å². The number of rotatable bonds is 3. The third-order valence-corrected chi connectivity index (χ3v) is 4.15. The summed E-state index contributed by atoms with van der Waals surface area (Å²) in [5.74, 6) is 0. The zero-order valence-electron chi connectivity index (χ0n) is 13.9. The highest BCUT2D eigenvalue weighted by molar-refractivity contribution is 5.49. The quantitative estimate of drug-likeness (QED) is 0.729. The molecule has 0 unspecified atom stereocenters. The number of nitrogens with zero attached hydrogens (tertiary/aromatic N) is 3. The van der Waals surface area contributed by atoms with Crippen molar-refractivity contribution < 1.29 is 4.52 Å². The second kappa shape index (κ2) is 4.97. The van der Waals surface area contributed by atoms with Crippen LogP contribution in [0.25, 0.3) is 5.52 Å². The lowest BCUT2D eigenvalue weighted by Crippen LogP contribution is -2.20. The van der Waals surface area contributed by atoms with E-state index in [4.69, 9.17) is 9.62 Å². The van der Waals surface area contributed by atoms with Crippen LogP contribution in [0.3, 0.4) is 0 Å². The van der Waals surface area contributed by atoms with Gasteiger partial charge in [-0.2, -0.15) is 5.10 Å². The minimum atomic E-state index is -0.0202. The molecule has 0 aromatic carbocycles. The molecule has 0 saturated heterocycles. The molecule has 0 saturated carbocycles. The van der Waals surface area contributed by atoms with Gasteiger partial charge >= 0.3 is 0 Å². The number of pyridine rings is 1. The second-order valence-electron chi connectivity index (χ2n) is 7.66. The molecule has 3 aromatic heterocycles. The molecule has 0 spiro atoms. The Morgan fingerprint density at radius 3 is 2.55 bits per heavy atom. The molecular weight excluding hydrogens is 274 g/mol. The second-order valence-corrected chi connectivity index (χ2v) is 7.66. The van der Waals surface area contributed by atoms with Crippen LogP contribution in [0.15, 0.2) is 41.4 Å². The van der Waals surface area contributed by atoms with Gasteiger partial charge in [0, 0.05) is 17.2 Å². The van der Waals surface area contributed by atoms with Crippen molar-refractivity contribution in [1.82, 2.24) is 14.8 Å². The SMILES string of the molecule is CC(C)(C)c1cc2ccc(CC(C)(C)c3cnoc3)cn2n1. The summed E-state index contributed by atoms with van der Waals surface area (Å²) in [6.07, 6.45) is 6.56. The van der Waals surface area contributed by atoms with Gasteiger partial charge in [0.25, 0.3) is 0 Å². The lowest BCUT2D eigenvalue weighted by atomic mass is 9.81. The Labute approximate surface area is 131 Å². The molecule has 0 aliphatic rings. The first-order valence-corrected chi connectivity index (χ1v) is 7.64. The lowest BCUT2D eigenvalue weighted by molar-refractivity contribution is 0.414. The van der Waals surface area contributed by atoms with Crippen LogP contribution >= 0.6 is 0 Å². The van der Waals surface area contributed by atoms with Gasteiger partial charge < -0.3 is 4.52 Å². The van der Waals surface area contributed by atoms with Gasteiger partial charge in [-0.15, -0.1) is 0 Å². The Kier molecular flexibility index (Phi) is 3.35. The topological polar surface area (TPSA) is 43.3 Å². The first-order chi connectivity index (χ1) is 10.3. The third kappa shape index (κ3) is 2.78. The fourth-order valence-electron chi connectivity index (χ4n) is 2.65. The van der Waals surface area contributed by atoms with E-state index in [-0.39, 0.29) is 10.8 Å². The molecule has 3 aromatic rings. The lowest BCUT2D eigenvalue weighted by Gasteiger charge is -2.22. The average molecular weight is 297 g/mol. The molecule has 22 heavy (non-hydrogen) atoms. The van der Waals surface area contributed by atoms with Crippen LogP contribution in [0.1, 0.15) is 51.4 Å². The number of hydrogen-bond acceptors (Lipinski definition) is 3. The van der Waals surface area contributed by atoms with Gasteiger partial charge in [-0.25, -0.2) is 4.52 Å². The Balaban J connectivity index is 1.92. The van der Waals surface area contributed by atoms with Crippen molar-refractivity contribution in [1.29, 1.82) is 0 Å². The fraction of sp³-hybridized carbons (Fsp3) is 0.444. The normalized spacial score (nSPS) is 13.0. The molecule has 0 radical (unpaired) electrons. The average Bonchev–Trinajstić information content (AvgIpc) is 3.06. The van der Waals surface area contributed by atoms with Crippen molar-refractivity contribution in [2.75, 3.05) is 0 Å². The summed E-state index contributed by atoms with van der Waals surface area (Å²) in [4.78, 5) is 0. The number of hydrogen-bond donors (Lipinski definition) is 0.